The first kappa shape index (κ1) is 15.5. The van der Waals surface area contributed by atoms with Crippen LogP contribution in [0.25, 0.3) is 10.8 Å². The molecule has 5 heteroatoms. The number of carbonyl (C=O) groups is 1. The monoisotopic (exact) mass is 329 g/mol. The van der Waals surface area contributed by atoms with Crippen molar-refractivity contribution in [2.75, 3.05) is 19.8 Å². The molecule has 1 amide bonds. The van der Waals surface area contributed by atoms with E-state index in [0.717, 1.165) is 19.3 Å². The van der Waals surface area contributed by atoms with Crippen LogP contribution in [0.15, 0.2) is 36.4 Å². The second kappa shape index (κ2) is 6.15. The Hall–Kier alpha value is -1.98. The van der Waals surface area contributed by atoms with Crippen molar-refractivity contribution in [3.8, 4) is 0 Å². The third-order valence-electron chi connectivity index (χ3n) is 5.01. The molecular formula is C19H20FNO3. The maximum Gasteiger partial charge on any atom is 0.252 e. The smallest absolute Gasteiger partial charge is 0.252 e. The van der Waals surface area contributed by atoms with Gasteiger partial charge >= 0.3 is 0 Å². The van der Waals surface area contributed by atoms with Crippen LogP contribution in [-0.4, -0.2) is 37.4 Å². The number of carbonyl (C=O) groups excluding carboxylic acids is 1. The highest BCUT2D eigenvalue weighted by Crippen LogP contribution is 2.33. The zero-order valence-corrected chi connectivity index (χ0v) is 13.4. The summed E-state index contributed by atoms with van der Waals surface area (Å²) in [5.41, 5.74) is 0.261. The third kappa shape index (κ3) is 2.78. The van der Waals surface area contributed by atoms with Gasteiger partial charge in [-0.15, -0.1) is 0 Å². The van der Waals surface area contributed by atoms with E-state index in [1.54, 1.807) is 24.3 Å². The van der Waals surface area contributed by atoms with Gasteiger partial charge in [0.2, 0.25) is 0 Å². The summed E-state index contributed by atoms with van der Waals surface area (Å²) in [4.78, 5) is 12.7. The highest BCUT2D eigenvalue weighted by molar-refractivity contribution is 6.07. The number of hydrogen-bond donors (Lipinski definition) is 1. The van der Waals surface area contributed by atoms with Crippen molar-refractivity contribution in [1.82, 2.24) is 5.32 Å². The van der Waals surface area contributed by atoms with Crippen molar-refractivity contribution < 1.29 is 18.7 Å². The molecule has 0 bridgehead atoms. The number of halogens is 1. The maximum absolute atomic E-state index is 13.9. The molecule has 0 unspecified atom stereocenters. The van der Waals surface area contributed by atoms with Gasteiger partial charge in [0.15, 0.2) is 0 Å². The molecule has 1 spiro atoms. The average Bonchev–Trinajstić information content (AvgIpc) is 3.03. The van der Waals surface area contributed by atoms with Crippen LogP contribution in [0.3, 0.4) is 0 Å². The Morgan fingerprint density at radius 1 is 1.17 bits per heavy atom. The van der Waals surface area contributed by atoms with Gasteiger partial charge in [-0.25, -0.2) is 4.39 Å². The van der Waals surface area contributed by atoms with Gasteiger partial charge in [-0.2, -0.15) is 0 Å². The Bertz CT molecular complexity index is 770. The molecule has 0 radical (unpaired) electrons. The fraction of sp³-hybridized carbons (Fsp3) is 0.421. The SMILES string of the molecule is O=C(N[C@@H]1CCO[C@@]2(CCOC2)C1)c1ccc(F)c2ccccc12. The largest absolute Gasteiger partial charge is 0.378 e. The van der Waals surface area contributed by atoms with Crippen molar-refractivity contribution >= 4 is 16.7 Å². The van der Waals surface area contributed by atoms with Gasteiger partial charge in [-0.3, -0.25) is 4.79 Å². The molecule has 1 N–H and O–H groups in total. The lowest BCUT2D eigenvalue weighted by Crippen LogP contribution is -2.49. The quantitative estimate of drug-likeness (QED) is 0.921. The lowest BCUT2D eigenvalue weighted by Gasteiger charge is -2.37. The molecule has 0 aromatic heterocycles. The second-order valence-electron chi connectivity index (χ2n) is 6.64. The average molecular weight is 329 g/mol. The molecule has 4 rings (SSSR count). The van der Waals surface area contributed by atoms with Crippen LogP contribution in [0.2, 0.25) is 0 Å². The van der Waals surface area contributed by atoms with Crippen LogP contribution in [0.4, 0.5) is 4.39 Å². The number of hydrogen-bond acceptors (Lipinski definition) is 3. The van der Waals surface area contributed by atoms with Crippen molar-refractivity contribution in [3.05, 3.63) is 47.8 Å². The number of nitrogens with one attached hydrogen (secondary N) is 1. The van der Waals surface area contributed by atoms with Crippen molar-refractivity contribution in [1.29, 1.82) is 0 Å². The fourth-order valence-electron chi connectivity index (χ4n) is 3.74. The van der Waals surface area contributed by atoms with Crippen LogP contribution in [0.1, 0.15) is 29.6 Å². The zero-order chi connectivity index (χ0) is 16.6. The lowest BCUT2D eigenvalue weighted by molar-refractivity contribution is -0.0880. The number of ether oxygens (including phenoxy) is 2. The minimum absolute atomic E-state index is 0.0526. The summed E-state index contributed by atoms with van der Waals surface area (Å²) >= 11 is 0. The minimum Gasteiger partial charge on any atom is -0.378 e. The van der Waals surface area contributed by atoms with Crippen LogP contribution >= 0.6 is 0 Å². The second-order valence-corrected chi connectivity index (χ2v) is 6.64. The van der Waals surface area contributed by atoms with Gasteiger partial charge in [0, 0.05) is 36.6 Å². The van der Waals surface area contributed by atoms with E-state index in [1.807, 2.05) is 6.07 Å². The first-order chi connectivity index (χ1) is 11.7. The summed E-state index contributed by atoms with van der Waals surface area (Å²) in [5, 5.41) is 4.21. The summed E-state index contributed by atoms with van der Waals surface area (Å²) in [5.74, 6) is -0.470. The van der Waals surface area contributed by atoms with Crippen LogP contribution in [0, 0.1) is 5.82 Å². The number of fused-ring (bicyclic) bond motifs is 1. The number of benzene rings is 2. The normalized spacial score (nSPS) is 26.8. The molecule has 2 aliphatic heterocycles. The van der Waals surface area contributed by atoms with E-state index >= 15 is 0 Å². The molecule has 2 atom stereocenters. The number of amides is 1. The van der Waals surface area contributed by atoms with Crippen LogP contribution in [-0.2, 0) is 9.47 Å². The van der Waals surface area contributed by atoms with Gasteiger partial charge in [-0.05, 0) is 30.4 Å². The first-order valence-corrected chi connectivity index (χ1v) is 8.37. The fourth-order valence-corrected chi connectivity index (χ4v) is 3.74. The molecule has 2 fully saturated rings. The Morgan fingerprint density at radius 2 is 2.00 bits per heavy atom. The van der Waals surface area contributed by atoms with Gasteiger partial charge in [0.25, 0.3) is 5.91 Å². The summed E-state index contributed by atoms with van der Waals surface area (Å²) in [6.07, 6.45) is 2.42. The van der Waals surface area contributed by atoms with Gasteiger partial charge in [-0.1, -0.05) is 24.3 Å². The van der Waals surface area contributed by atoms with Crippen molar-refractivity contribution in [2.24, 2.45) is 0 Å². The molecule has 2 aromatic carbocycles. The molecule has 2 aliphatic rings. The summed E-state index contributed by atoms with van der Waals surface area (Å²) < 4.78 is 25.3. The maximum atomic E-state index is 13.9. The molecule has 0 saturated carbocycles. The van der Waals surface area contributed by atoms with Gasteiger partial charge in [0.1, 0.15) is 5.82 Å². The molecule has 2 heterocycles. The van der Waals surface area contributed by atoms with E-state index in [0.29, 0.717) is 36.2 Å². The Labute approximate surface area is 139 Å². The van der Waals surface area contributed by atoms with E-state index in [4.69, 9.17) is 9.47 Å². The lowest BCUT2D eigenvalue weighted by atomic mass is 9.89. The van der Waals surface area contributed by atoms with E-state index < -0.39 is 0 Å². The molecule has 0 aliphatic carbocycles. The molecular weight excluding hydrogens is 309 g/mol. The Morgan fingerprint density at radius 3 is 2.79 bits per heavy atom. The topological polar surface area (TPSA) is 47.6 Å². The zero-order valence-electron chi connectivity index (χ0n) is 13.4. The summed E-state index contributed by atoms with van der Waals surface area (Å²) in [7, 11) is 0. The van der Waals surface area contributed by atoms with Gasteiger partial charge < -0.3 is 14.8 Å². The minimum atomic E-state index is -0.310. The standard InChI is InChI=1S/C19H20FNO3/c20-17-6-5-16(14-3-1-2-4-15(14)17)18(22)21-13-7-9-24-19(11-13)8-10-23-12-19/h1-6,13H,7-12H2,(H,21,22)/t13-,19+/m1/s1. The Kier molecular flexibility index (Phi) is 3.98. The van der Waals surface area contributed by atoms with Crippen LogP contribution in [0.5, 0.6) is 0 Å². The summed E-state index contributed by atoms with van der Waals surface area (Å²) in [6.45, 7) is 1.93. The van der Waals surface area contributed by atoms with E-state index in [2.05, 4.69) is 5.32 Å². The molecule has 2 aromatic rings. The highest BCUT2D eigenvalue weighted by Gasteiger charge is 2.41. The molecule has 126 valence electrons. The third-order valence-corrected chi connectivity index (χ3v) is 5.01. The molecule has 2 saturated heterocycles. The van der Waals surface area contributed by atoms with E-state index in [-0.39, 0.29) is 23.4 Å². The predicted molar refractivity (Wildman–Crippen MR) is 88.5 cm³/mol. The van der Waals surface area contributed by atoms with Gasteiger partial charge in [0.05, 0.1) is 12.2 Å². The van der Waals surface area contributed by atoms with Crippen LogP contribution < -0.4 is 5.32 Å². The van der Waals surface area contributed by atoms with Crippen molar-refractivity contribution in [3.63, 3.8) is 0 Å². The first-order valence-electron chi connectivity index (χ1n) is 8.37. The van der Waals surface area contributed by atoms with Crippen molar-refractivity contribution in [2.45, 2.75) is 30.9 Å². The molecule has 4 nitrogen and oxygen atoms in total. The highest BCUT2D eigenvalue weighted by atomic mass is 19.1. The summed E-state index contributed by atoms with van der Waals surface area (Å²) in [6, 6.07) is 10.0. The molecule has 24 heavy (non-hydrogen) atoms. The van der Waals surface area contributed by atoms with E-state index in [1.165, 1.54) is 6.07 Å². The number of rotatable bonds is 2. The Balaban J connectivity index is 1.55. The predicted octanol–water partition coefficient (Wildman–Crippen LogP) is 3.05. The van der Waals surface area contributed by atoms with E-state index in [9.17, 15) is 9.18 Å².